The fourth-order valence-electron chi connectivity index (χ4n) is 17.4. The van der Waals surface area contributed by atoms with Crippen molar-refractivity contribution in [3.05, 3.63) is 187 Å². The molecule has 4 aliphatic carbocycles. The van der Waals surface area contributed by atoms with Crippen molar-refractivity contribution in [3.8, 4) is 33.4 Å². The molecule has 4 heterocycles. The van der Waals surface area contributed by atoms with E-state index in [2.05, 4.69) is 200 Å². The van der Waals surface area contributed by atoms with Crippen molar-refractivity contribution in [2.45, 2.75) is 127 Å². The quantitative estimate of drug-likeness (QED) is 0.156. The van der Waals surface area contributed by atoms with Crippen LogP contribution in [0, 0.1) is 11.8 Å². The fraction of sp³-hybridized carbons (Fsp3) is 0.297. The standard InChI is InChI=1S/C74H67BN2S/c1-72(2,3)53-26-29-63(57(40-53)49-22-8-5-9-23-49)76-65-31-28-56-59-36-50-24-10-11-25-51(50)39-67(59)78-71(56)69(65)75-68-60(37-52(38-66(68)76)48-20-6-4-7-21-48)62-43-55(74-34-14-18-47(45-74)19-15-35-74)42-61-58-41-54(27-30-64(58)77(75)70(61)62)73-32-12-16-46(44-73)17-13-33-73/h4-11,20-31,36-43,46-47H,12-19,32-35,44-45H2,1-3H3. The molecule has 0 spiro atoms. The van der Waals surface area contributed by atoms with E-state index in [-0.39, 0.29) is 23.1 Å². The van der Waals surface area contributed by atoms with Gasteiger partial charge in [-0.3, -0.25) is 0 Å². The van der Waals surface area contributed by atoms with Gasteiger partial charge < -0.3 is 9.38 Å². The highest BCUT2D eigenvalue weighted by molar-refractivity contribution is 7.27. The van der Waals surface area contributed by atoms with Gasteiger partial charge in [0.15, 0.2) is 0 Å². The van der Waals surface area contributed by atoms with Gasteiger partial charge in [-0.25, -0.2) is 0 Å². The molecule has 4 heteroatoms. The molecule has 0 saturated heterocycles. The van der Waals surface area contributed by atoms with Gasteiger partial charge >= 0.3 is 6.85 Å². The fourth-order valence-corrected chi connectivity index (χ4v) is 18.7. The predicted octanol–water partition coefficient (Wildman–Crippen LogP) is 19.6. The SMILES string of the molecule is CC(C)(C)c1ccc(N2c3cc(-c4ccccc4)cc4c3B(c3c2ccc2c3sc3cc5ccccc5cc32)n2c3ccc(C56CCCC(CCC5)C6)cc3c3cc(C56CCCC(CCC5)C6)cc-4c32)c(-c2ccccc2)c1. The summed E-state index contributed by atoms with van der Waals surface area (Å²) < 4.78 is 5.67. The van der Waals surface area contributed by atoms with Gasteiger partial charge in [-0.15, -0.1) is 11.3 Å². The zero-order chi connectivity index (χ0) is 51.6. The van der Waals surface area contributed by atoms with E-state index in [1.165, 1.54) is 210 Å². The number of hydrogen-bond acceptors (Lipinski definition) is 2. The lowest BCUT2D eigenvalue weighted by Gasteiger charge is -2.46. The molecule has 4 fully saturated rings. The zero-order valence-electron chi connectivity index (χ0n) is 45.6. The summed E-state index contributed by atoms with van der Waals surface area (Å²) >= 11 is 2.02. The van der Waals surface area contributed by atoms with Gasteiger partial charge in [0.1, 0.15) is 0 Å². The van der Waals surface area contributed by atoms with Crippen molar-refractivity contribution in [1.29, 1.82) is 0 Å². The molecule has 0 radical (unpaired) electrons. The Kier molecular flexibility index (Phi) is 9.94. The first kappa shape index (κ1) is 46.1. The van der Waals surface area contributed by atoms with E-state index >= 15 is 0 Å². The van der Waals surface area contributed by atoms with Gasteiger partial charge in [0, 0.05) is 64.5 Å². The van der Waals surface area contributed by atoms with Gasteiger partial charge in [-0.1, -0.05) is 175 Å². The number of hydrogen-bond donors (Lipinski definition) is 0. The molecule has 382 valence electrons. The maximum absolute atomic E-state index is 2.91. The van der Waals surface area contributed by atoms with E-state index in [0.717, 1.165) is 11.8 Å². The van der Waals surface area contributed by atoms with Crippen LogP contribution in [0.4, 0.5) is 17.1 Å². The van der Waals surface area contributed by atoms with Gasteiger partial charge in [-0.2, -0.15) is 0 Å². The van der Waals surface area contributed by atoms with Crippen molar-refractivity contribution < 1.29 is 0 Å². The maximum atomic E-state index is 2.91. The third-order valence-corrected chi connectivity index (χ3v) is 22.3. The Balaban J connectivity index is 1.03. The van der Waals surface area contributed by atoms with Crippen LogP contribution in [0.25, 0.3) is 86.1 Å². The molecule has 4 bridgehead atoms. The van der Waals surface area contributed by atoms with Crippen LogP contribution in [-0.4, -0.2) is 11.3 Å². The first-order chi connectivity index (χ1) is 38.2. The Morgan fingerprint density at radius 3 is 1.82 bits per heavy atom. The number of rotatable bonds is 5. The van der Waals surface area contributed by atoms with Crippen molar-refractivity contribution in [1.82, 2.24) is 4.48 Å². The Hall–Kier alpha value is -6.88. The smallest absolute Gasteiger partial charge is 0.334 e. The molecule has 78 heavy (non-hydrogen) atoms. The monoisotopic (exact) mass is 1030 g/mol. The highest BCUT2D eigenvalue weighted by Gasteiger charge is 2.48. The van der Waals surface area contributed by atoms with E-state index in [0.29, 0.717) is 0 Å². The third-order valence-electron chi connectivity index (χ3n) is 21.1. The second-order valence-electron chi connectivity index (χ2n) is 26.4. The van der Waals surface area contributed by atoms with Crippen molar-refractivity contribution in [2.24, 2.45) is 11.8 Å². The molecule has 0 unspecified atom stereocenters. The minimum Gasteiger partial charge on any atom is -0.375 e. The highest BCUT2D eigenvalue weighted by Crippen LogP contribution is 2.57. The lowest BCUT2D eigenvalue weighted by Crippen LogP contribution is -2.57. The lowest BCUT2D eigenvalue weighted by atomic mass is 9.44. The van der Waals surface area contributed by atoms with Gasteiger partial charge in [0.05, 0.1) is 5.69 Å². The molecule has 2 nitrogen and oxygen atoms in total. The molecule has 2 aliphatic heterocycles. The number of nitrogens with zero attached hydrogens (tertiary/aromatic N) is 2. The summed E-state index contributed by atoms with van der Waals surface area (Å²) in [4.78, 5) is 2.73. The normalized spacial score (nSPS) is 22.4. The Morgan fingerprint density at radius 1 is 0.474 bits per heavy atom. The van der Waals surface area contributed by atoms with Crippen molar-refractivity contribution >= 4 is 98.9 Å². The average molecular weight is 1030 g/mol. The number of anilines is 3. The summed E-state index contributed by atoms with van der Waals surface area (Å²) in [6.45, 7) is 7.01. The van der Waals surface area contributed by atoms with E-state index in [9.17, 15) is 0 Å². The lowest BCUT2D eigenvalue weighted by molar-refractivity contribution is 0.149. The minimum absolute atomic E-state index is 0.0280. The van der Waals surface area contributed by atoms with Crippen LogP contribution in [0.5, 0.6) is 0 Å². The van der Waals surface area contributed by atoms with Crippen LogP contribution in [0.1, 0.15) is 127 Å². The number of fused-ring (bicyclic) bond motifs is 16. The maximum Gasteiger partial charge on any atom is 0.334 e. The molecule has 0 N–H and O–H groups in total. The predicted molar refractivity (Wildman–Crippen MR) is 335 cm³/mol. The van der Waals surface area contributed by atoms with Crippen LogP contribution in [0.2, 0.25) is 0 Å². The first-order valence-electron chi connectivity index (χ1n) is 29.9. The molecule has 2 aromatic heterocycles. The molecular formula is C74H67BN2S. The molecular weight excluding hydrogens is 960 g/mol. The number of thiophene rings is 1. The molecule has 0 amide bonds. The summed E-state index contributed by atoms with van der Waals surface area (Å²) in [5.74, 6) is 1.71. The topological polar surface area (TPSA) is 8.17 Å². The molecule has 11 aromatic rings. The number of benzene rings is 9. The van der Waals surface area contributed by atoms with E-state index < -0.39 is 0 Å². The Labute approximate surface area is 464 Å². The minimum atomic E-state index is -0.0608. The van der Waals surface area contributed by atoms with Gasteiger partial charge in [0.2, 0.25) is 0 Å². The second kappa shape index (κ2) is 16.8. The summed E-state index contributed by atoms with van der Waals surface area (Å²) in [5.41, 5.74) is 22.4. The molecule has 17 rings (SSSR count). The van der Waals surface area contributed by atoms with Crippen LogP contribution in [0.3, 0.4) is 0 Å². The molecule has 6 aliphatic rings. The summed E-state index contributed by atoms with van der Waals surface area (Å²) in [7, 11) is 0. The van der Waals surface area contributed by atoms with Crippen LogP contribution < -0.4 is 15.8 Å². The number of aromatic nitrogens is 1. The Bertz CT molecular complexity index is 4280. The zero-order valence-corrected chi connectivity index (χ0v) is 46.4. The Morgan fingerprint density at radius 2 is 1.12 bits per heavy atom. The van der Waals surface area contributed by atoms with Crippen LogP contribution in [-0.2, 0) is 16.2 Å². The summed E-state index contributed by atoms with van der Waals surface area (Å²) in [5, 5.41) is 8.29. The second-order valence-corrected chi connectivity index (χ2v) is 27.4. The van der Waals surface area contributed by atoms with Crippen molar-refractivity contribution in [2.75, 3.05) is 4.90 Å². The highest BCUT2D eigenvalue weighted by atomic mass is 32.1. The van der Waals surface area contributed by atoms with Gasteiger partial charge in [0.25, 0.3) is 0 Å². The first-order valence-corrected chi connectivity index (χ1v) is 30.7. The molecule has 4 saturated carbocycles. The molecule has 0 atom stereocenters. The van der Waals surface area contributed by atoms with Crippen LogP contribution >= 0.6 is 11.3 Å². The summed E-state index contributed by atoms with van der Waals surface area (Å²) in [6, 6.07) is 67.7. The molecule has 9 aromatic carbocycles. The third kappa shape index (κ3) is 6.68. The van der Waals surface area contributed by atoms with E-state index in [4.69, 9.17) is 0 Å². The van der Waals surface area contributed by atoms with E-state index in [1.807, 2.05) is 11.3 Å². The largest absolute Gasteiger partial charge is 0.375 e. The van der Waals surface area contributed by atoms with Gasteiger partial charge in [-0.05, 0) is 194 Å². The summed E-state index contributed by atoms with van der Waals surface area (Å²) in [6.07, 6.45) is 19.0. The average Bonchev–Trinajstić information content (AvgIpc) is 3.32. The van der Waals surface area contributed by atoms with Crippen molar-refractivity contribution in [3.63, 3.8) is 0 Å². The van der Waals surface area contributed by atoms with E-state index in [1.54, 1.807) is 11.1 Å². The van der Waals surface area contributed by atoms with Crippen LogP contribution in [0.15, 0.2) is 170 Å².